The standard InChI is InChI=1S/C37H50N2O9/c1-23(2)14-16-38(17-15-24(3)4)32(41)21-39-20-29(28-13-12-27(46-5)19-30(28)39)33(42)26-10-8-25(9-11-26)7-6-18-47-37-36(45)35(44)34(43)31(22-40)48-37/h6,8-13,18-20,23-24,31,34-37,40,43-45H,7,14-17,21-22H2,1-5H3/t31-,34+,35+,36-,37?/m1/s1. The van der Waals surface area contributed by atoms with Gasteiger partial charge in [-0.3, -0.25) is 9.59 Å². The lowest BCUT2D eigenvalue weighted by Crippen LogP contribution is -2.58. The molecular weight excluding hydrogens is 616 g/mol. The highest BCUT2D eigenvalue weighted by Gasteiger charge is 2.44. The molecule has 0 saturated carbocycles. The van der Waals surface area contributed by atoms with Crippen molar-refractivity contribution >= 4 is 22.6 Å². The summed E-state index contributed by atoms with van der Waals surface area (Å²) in [7, 11) is 1.59. The Morgan fingerprint density at radius 2 is 1.62 bits per heavy atom. The van der Waals surface area contributed by atoms with Gasteiger partial charge in [-0.2, -0.15) is 0 Å². The van der Waals surface area contributed by atoms with Crippen molar-refractivity contribution in [1.82, 2.24) is 9.47 Å². The van der Waals surface area contributed by atoms with E-state index in [1.807, 2.05) is 39.8 Å². The van der Waals surface area contributed by atoms with E-state index in [4.69, 9.17) is 14.2 Å². The number of amides is 1. The normalized spacial score (nSPS) is 21.4. The van der Waals surface area contributed by atoms with Gasteiger partial charge in [0.25, 0.3) is 0 Å². The molecule has 1 aromatic heterocycles. The van der Waals surface area contributed by atoms with Gasteiger partial charge < -0.3 is 44.1 Å². The van der Waals surface area contributed by atoms with Gasteiger partial charge in [-0.1, -0.05) is 52.0 Å². The minimum Gasteiger partial charge on any atom is -0.497 e. The molecule has 3 aromatic rings. The molecule has 11 nitrogen and oxygen atoms in total. The molecule has 2 aromatic carbocycles. The molecule has 11 heteroatoms. The van der Waals surface area contributed by atoms with E-state index in [0.717, 1.165) is 29.3 Å². The minimum atomic E-state index is -1.52. The molecule has 4 rings (SSSR count). The van der Waals surface area contributed by atoms with E-state index < -0.39 is 37.3 Å². The largest absolute Gasteiger partial charge is 0.497 e. The van der Waals surface area contributed by atoms with Crippen LogP contribution in [0.1, 0.15) is 62.0 Å². The summed E-state index contributed by atoms with van der Waals surface area (Å²) in [5.74, 6) is 1.45. The van der Waals surface area contributed by atoms with E-state index in [1.165, 1.54) is 6.26 Å². The average molecular weight is 667 g/mol. The molecule has 4 N–H and O–H groups in total. The molecule has 2 heterocycles. The summed E-state index contributed by atoms with van der Waals surface area (Å²) in [6, 6.07) is 12.7. The number of carbonyl (C=O) groups excluding carboxylic acids is 2. The molecule has 48 heavy (non-hydrogen) atoms. The second-order valence-electron chi connectivity index (χ2n) is 13.2. The first-order chi connectivity index (χ1) is 22.9. The second kappa shape index (κ2) is 17.1. The van der Waals surface area contributed by atoms with Crippen LogP contribution in [0.2, 0.25) is 0 Å². The first-order valence-electron chi connectivity index (χ1n) is 16.6. The summed E-state index contributed by atoms with van der Waals surface area (Å²) < 4.78 is 18.1. The predicted octanol–water partition coefficient (Wildman–Crippen LogP) is 3.67. The summed E-state index contributed by atoms with van der Waals surface area (Å²) in [4.78, 5) is 29.4. The third kappa shape index (κ3) is 9.24. The highest BCUT2D eigenvalue weighted by molar-refractivity contribution is 6.16. The van der Waals surface area contributed by atoms with Crippen LogP contribution >= 0.6 is 0 Å². The second-order valence-corrected chi connectivity index (χ2v) is 13.2. The number of aromatic nitrogens is 1. The maximum absolute atomic E-state index is 13.8. The number of allylic oxidation sites excluding steroid dienone is 1. The Hall–Kier alpha value is -3.74. The number of carbonyl (C=O) groups is 2. The lowest BCUT2D eigenvalue weighted by molar-refractivity contribution is -0.287. The van der Waals surface area contributed by atoms with Crippen molar-refractivity contribution in [3.05, 3.63) is 77.7 Å². The Kier molecular flexibility index (Phi) is 13.2. The van der Waals surface area contributed by atoms with Gasteiger partial charge in [0, 0.05) is 41.9 Å². The van der Waals surface area contributed by atoms with Crippen LogP contribution in [0, 0.1) is 11.8 Å². The first kappa shape index (κ1) is 37.1. The van der Waals surface area contributed by atoms with Gasteiger partial charge in [0.05, 0.1) is 25.5 Å². The number of ketones is 1. The summed E-state index contributed by atoms with van der Waals surface area (Å²) in [5.41, 5.74) is 2.63. The number of aliphatic hydroxyl groups excluding tert-OH is 4. The highest BCUT2D eigenvalue weighted by Crippen LogP contribution is 2.28. The number of rotatable bonds is 16. The summed E-state index contributed by atoms with van der Waals surface area (Å²) >= 11 is 0. The summed E-state index contributed by atoms with van der Waals surface area (Å²) in [6.45, 7) is 9.57. The van der Waals surface area contributed by atoms with Gasteiger partial charge in [-0.05, 0) is 54.9 Å². The van der Waals surface area contributed by atoms with Crippen molar-refractivity contribution in [3.8, 4) is 5.75 Å². The van der Waals surface area contributed by atoms with Crippen molar-refractivity contribution in [1.29, 1.82) is 0 Å². The molecule has 1 unspecified atom stereocenters. The SMILES string of the molecule is COc1ccc2c(C(=O)c3ccc(CC=COC4O[C@H](CO)[C@H](O)[C@H](O)[C@H]4O)cc3)cn(CC(=O)N(CCC(C)C)CCC(C)C)c2c1. The van der Waals surface area contributed by atoms with Crippen LogP contribution in [0.15, 0.2) is 61.0 Å². The molecule has 0 bridgehead atoms. The zero-order chi connectivity index (χ0) is 35.0. The monoisotopic (exact) mass is 666 g/mol. The lowest BCUT2D eigenvalue weighted by atomic mass is 9.99. The smallest absolute Gasteiger partial charge is 0.242 e. The zero-order valence-corrected chi connectivity index (χ0v) is 28.5. The Balaban J connectivity index is 1.47. The maximum Gasteiger partial charge on any atom is 0.242 e. The molecule has 1 amide bonds. The number of hydrogen-bond acceptors (Lipinski definition) is 9. The van der Waals surface area contributed by atoms with Crippen molar-refractivity contribution in [2.75, 3.05) is 26.8 Å². The molecule has 1 saturated heterocycles. The first-order valence-corrected chi connectivity index (χ1v) is 16.6. The minimum absolute atomic E-state index is 0.0166. The lowest BCUT2D eigenvalue weighted by Gasteiger charge is -2.39. The third-order valence-electron chi connectivity index (χ3n) is 8.67. The van der Waals surface area contributed by atoms with Gasteiger partial charge in [0.2, 0.25) is 12.2 Å². The zero-order valence-electron chi connectivity index (χ0n) is 28.5. The highest BCUT2D eigenvalue weighted by atomic mass is 16.7. The number of nitrogens with zero attached hydrogens (tertiary/aromatic N) is 2. The molecule has 5 atom stereocenters. The Labute approximate surface area is 282 Å². The van der Waals surface area contributed by atoms with Gasteiger partial charge in [0.15, 0.2) is 5.78 Å². The van der Waals surface area contributed by atoms with Gasteiger partial charge >= 0.3 is 0 Å². The third-order valence-corrected chi connectivity index (χ3v) is 8.67. The number of ether oxygens (including phenoxy) is 3. The van der Waals surface area contributed by atoms with Crippen LogP contribution in [0.3, 0.4) is 0 Å². The van der Waals surface area contributed by atoms with Crippen LogP contribution in [0.25, 0.3) is 10.9 Å². The van der Waals surface area contributed by atoms with Gasteiger partial charge in [-0.15, -0.1) is 0 Å². The fraction of sp³-hybridized carbons (Fsp3) is 0.514. The summed E-state index contributed by atoms with van der Waals surface area (Å²) in [5, 5.41) is 40.0. The Bertz CT molecular complexity index is 1520. The van der Waals surface area contributed by atoms with Gasteiger partial charge in [0.1, 0.15) is 36.7 Å². The molecule has 262 valence electrons. The number of fused-ring (bicyclic) bond motifs is 1. The van der Waals surface area contributed by atoms with Crippen LogP contribution < -0.4 is 4.74 Å². The number of aliphatic hydroxyl groups is 4. The fourth-order valence-corrected chi connectivity index (χ4v) is 5.59. The van der Waals surface area contributed by atoms with Crippen LogP contribution in [0.5, 0.6) is 5.75 Å². The molecule has 0 radical (unpaired) electrons. The van der Waals surface area contributed by atoms with Crippen LogP contribution in [-0.2, 0) is 27.2 Å². The maximum atomic E-state index is 13.8. The quantitative estimate of drug-likeness (QED) is 0.133. The molecule has 1 aliphatic rings. The topological polar surface area (TPSA) is 151 Å². The van der Waals surface area contributed by atoms with Crippen molar-refractivity contribution < 1.29 is 44.2 Å². The average Bonchev–Trinajstić information content (AvgIpc) is 3.43. The number of hydrogen-bond donors (Lipinski definition) is 4. The predicted molar refractivity (Wildman–Crippen MR) is 182 cm³/mol. The van der Waals surface area contributed by atoms with Gasteiger partial charge in [-0.25, -0.2) is 0 Å². The van der Waals surface area contributed by atoms with E-state index in [0.29, 0.717) is 48.2 Å². The van der Waals surface area contributed by atoms with Crippen LogP contribution in [-0.4, -0.2) is 99.1 Å². The fourth-order valence-electron chi connectivity index (χ4n) is 5.59. The number of benzene rings is 2. The van der Waals surface area contributed by atoms with E-state index in [-0.39, 0.29) is 18.2 Å². The van der Waals surface area contributed by atoms with Crippen molar-refractivity contribution in [2.24, 2.45) is 11.8 Å². The molecule has 1 aliphatic heterocycles. The van der Waals surface area contributed by atoms with E-state index >= 15 is 0 Å². The Morgan fingerprint density at radius 1 is 0.958 bits per heavy atom. The summed E-state index contributed by atoms with van der Waals surface area (Å²) in [6.07, 6.45) is 0.284. The van der Waals surface area contributed by atoms with Crippen LogP contribution in [0.4, 0.5) is 0 Å². The molecule has 0 spiro atoms. The Morgan fingerprint density at radius 3 is 2.23 bits per heavy atom. The van der Waals surface area contributed by atoms with Crippen molar-refractivity contribution in [3.63, 3.8) is 0 Å². The van der Waals surface area contributed by atoms with E-state index in [1.54, 1.807) is 31.5 Å². The molecular formula is C37H50N2O9. The molecule has 0 aliphatic carbocycles. The van der Waals surface area contributed by atoms with Crippen molar-refractivity contribution in [2.45, 2.75) is 84.2 Å². The molecule has 1 fully saturated rings. The number of methoxy groups -OCH3 is 1. The van der Waals surface area contributed by atoms with E-state index in [2.05, 4.69) is 27.7 Å². The van der Waals surface area contributed by atoms with E-state index in [9.17, 15) is 30.0 Å².